The average molecular weight is 247 g/mol. The fourth-order valence-electron chi connectivity index (χ4n) is 2.87. The second kappa shape index (κ2) is 4.47. The SMILES string of the molecule is CC1(C)CC(Nc2ccc3c(c2)CCO3)CCO1. The normalized spacial score (nSPS) is 25.3. The maximum absolute atomic E-state index is 5.75. The molecule has 2 aliphatic rings. The highest BCUT2D eigenvalue weighted by Gasteiger charge is 2.28. The zero-order valence-corrected chi connectivity index (χ0v) is 11.2. The molecule has 0 aliphatic carbocycles. The maximum Gasteiger partial charge on any atom is 0.122 e. The van der Waals surface area contributed by atoms with Gasteiger partial charge in [0.25, 0.3) is 0 Å². The van der Waals surface area contributed by atoms with Crippen molar-refractivity contribution < 1.29 is 9.47 Å². The van der Waals surface area contributed by atoms with E-state index in [4.69, 9.17) is 9.47 Å². The predicted molar refractivity (Wildman–Crippen MR) is 72.3 cm³/mol. The molecule has 1 atom stereocenters. The lowest BCUT2D eigenvalue weighted by Gasteiger charge is -2.36. The molecule has 3 nitrogen and oxygen atoms in total. The Kier molecular flexibility index (Phi) is 2.94. The van der Waals surface area contributed by atoms with Crippen molar-refractivity contribution in [2.45, 2.75) is 44.8 Å². The van der Waals surface area contributed by atoms with Crippen LogP contribution >= 0.6 is 0 Å². The largest absolute Gasteiger partial charge is 0.493 e. The summed E-state index contributed by atoms with van der Waals surface area (Å²) >= 11 is 0. The smallest absolute Gasteiger partial charge is 0.122 e. The Balaban J connectivity index is 1.69. The van der Waals surface area contributed by atoms with Gasteiger partial charge in [-0.15, -0.1) is 0 Å². The van der Waals surface area contributed by atoms with Crippen molar-refractivity contribution in [2.24, 2.45) is 0 Å². The number of ether oxygens (including phenoxy) is 2. The van der Waals surface area contributed by atoms with Gasteiger partial charge in [0.05, 0.1) is 12.2 Å². The molecule has 3 heteroatoms. The summed E-state index contributed by atoms with van der Waals surface area (Å²) < 4.78 is 11.3. The molecule has 0 saturated carbocycles. The van der Waals surface area contributed by atoms with Crippen LogP contribution < -0.4 is 10.1 Å². The van der Waals surface area contributed by atoms with Crippen molar-refractivity contribution in [3.05, 3.63) is 23.8 Å². The van der Waals surface area contributed by atoms with E-state index in [0.717, 1.165) is 38.2 Å². The number of anilines is 1. The summed E-state index contributed by atoms with van der Waals surface area (Å²) in [6.45, 7) is 6.00. The van der Waals surface area contributed by atoms with Crippen LogP contribution in [-0.2, 0) is 11.2 Å². The Morgan fingerprint density at radius 3 is 3.00 bits per heavy atom. The molecule has 1 saturated heterocycles. The van der Waals surface area contributed by atoms with Crippen molar-refractivity contribution in [1.29, 1.82) is 0 Å². The van der Waals surface area contributed by atoms with E-state index in [9.17, 15) is 0 Å². The second-order valence-corrected chi connectivity index (χ2v) is 5.86. The highest BCUT2D eigenvalue weighted by atomic mass is 16.5. The van der Waals surface area contributed by atoms with E-state index in [1.54, 1.807) is 0 Å². The first-order valence-electron chi connectivity index (χ1n) is 6.79. The van der Waals surface area contributed by atoms with Crippen LogP contribution in [0.4, 0.5) is 5.69 Å². The zero-order valence-electron chi connectivity index (χ0n) is 11.2. The van der Waals surface area contributed by atoms with Crippen LogP contribution in [0.15, 0.2) is 18.2 Å². The monoisotopic (exact) mass is 247 g/mol. The summed E-state index contributed by atoms with van der Waals surface area (Å²) in [6, 6.07) is 6.93. The Morgan fingerprint density at radius 2 is 2.17 bits per heavy atom. The van der Waals surface area contributed by atoms with Gasteiger partial charge < -0.3 is 14.8 Å². The molecule has 1 aromatic carbocycles. The first-order valence-corrected chi connectivity index (χ1v) is 6.79. The topological polar surface area (TPSA) is 30.5 Å². The number of hydrogen-bond acceptors (Lipinski definition) is 3. The number of rotatable bonds is 2. The number of nitrogens with one attached hydrogen (secondary N) is 1. The van der Waals surface area contributed by atoms with E-state index in [1.807, 2.05) is 0 Å². The fraction of sp³-hybridized carbons (Fsp3) is 0.600. The summed E-state index contributed by atoms with van der Waals surface area (Å²) in [7, 11) is 0. The van der Waals surface area contributed by atoms with Gasteiger partial charge in [-0.1, -0.05) is 0 Å². The van der Waals surface area contributed by atoms with E-state index in [-0.39, 0.29) is 5.60 Å². The summed E-state index contributed by atoms with van der Waals surface area (Å²) in [5, 5.41) is 3.63. The van der Waals surface area contributed by atoms with Gasteiger partial charge in [0, 0.05) is 24.8 Å². The quantitative estimate of drug-likeness (QED) is 0.871. The summed E-state index contributed by atoms with van der Waals surface area (Å²) in [6.07, 6.45) is 3.17. The van der Waals surface area contributed by atoms with E-state index in [0.29, 0.717) is 6.04 Å². The summed E-state index contributed by atoms with van der Waals surface area (Å²) in [4.78, 5) is 0. The van der Waals surface area contributed by atoms with Crippen molar-refractivity contribution >= 4 is 5.69 Å². The highest BCUT2D eigenvalue weighted by Crippen LogP contribution is 2.30. The summed E-state index contributed by atoms with van der Waals surface area (Å²) in [5.74, 6) is 1.05. The van der Waals surface area contributed by atoms with Gasteiger partial charge in [-0.25, -0.2) is 0 Å². The molecule has 3 rings (SSSR count). The Labute approximate surface area is 108 Å². The lowest BCUT2D eigenvalue weighted by Crippen LogP contribution is -2.40. The van der Waals surface area contributed by atoms with Gasteiger partial charge in [0.1, 0.15) is 5.75 Å². The molecule has 1 unspecified atom stereocenters. The molecule has 18 heavy (non-hydrogen) atoms. The van der Waals surface area contributed by atoms with Crippen LogP contribution in [0.1, 0.15) is 32.3 Å². The Morgan fingerprint density at radius 1 is 1.28 bits per heavy atom. The number of hydrogen-bond donors (Lipinski definition) is 1. The van der Waals surface area contributed by atoms with Crippen LogP contribution in [0.5, 0.6) is 5.75 Å². The van der Waals surface area contributed by atoms with Gasteiger partial charge >= 0.3 is 0 Å². The highest BCUT2D eigenvalue weighted by molar-refractivity contribution is 5.53. The Bertz CT molecular complexity index is 442. The minimum absolute atomic E-state index is 0.00421. The lowest BCUT2D eigenvalue weighted by atomic mass is 9.93. The van der Waals surface area contributed by atoms with Gasteiger partial charge in [-0.2, -0.15) is 0 Å². The molecule has 1 fully saturated rings. The molecule has 0 spiro atoms. The zero-order chi connectivity index (χ0) is 12.6. The lowest BCUT2D eigenvalue weighted by molar-refractivity contribution is -0.0553. The molecular weight excluding hydrogens is 226 g/mol. The van der Waals surface area contributed by atoms with Crippen molar-refractivity contribution in [1.82, 2.24) is 0 Å². The molecule has 98 valence electrons. The van der Waals surface area contributed by atoms with Crippen LogP contribution in [-0.4, -0.2) is 24.9 Å². The average Bonchev–Trinajstić information content (AvgIpc) is 2.74. The molecule has 1 N–H and O–H groups in total. The van der Waals surface area contributed by atoms with Gasteiger partial charge in [0.2, 0.25) is 0 Å². The standard InChI is InChI=1S/C15H21NO2/c1-15(2)10-13(6-8-18-15)16-12-3-4-14-11(9-12)5-7-17-14/h3-4,9,13,16H,5-8,10H2,1-2H3. The fourth-order valence-corrected chi connectivity index (χ4v) is 2.87. The van der Waals surface area contributed by atoms with E-state index < -0.39 is 0 Å². The van der Waals surface area contributed by atoms with Crippen LogP contribution in [0, 0.1) is 0 Å². The molecule has 0 aromatic heterocycles. The Hall–Kier alpha value is -1.22. The molecule has 2 aliphatic heterocycles. The molecular formula is C15H21NO2. The number of fused-ring (bicyclic) bond motifs is 1. The summed E-state index contributed by atoms with van der Waals surface area (Å²) in [5.41, 5.74) is 2.53. The minimum atomic E-state index is -0.00421. The van der Waals surface area contributed by atoms with Gasteiger partial charge in [-0.05, 0) is 50.5 Å². The second-order valence-electron chi connectivity index (χ2n) is 5.86. The minimum Gasteiger partial charge on any atom is -0.493 e. The van der Waals surface area contributed by atoms with E-state index in [2.05, 4.69) is 37.4 Å². The first-order chi connectivity index (χ1) is 8.62. The van der Waals surface area contributed by atoms with Crippen LogP contribution in [0.3, 0.4) is 0 Å². The third kappa shape index (κ3) is 2.46. The predicted octanol–water partition coefficient (Wildman–Crippen LogP) is 2.99. The van der Waals surface area contributed by atoms with Crippen LogP contribution in [0.25, 0.3) is 0 Å². The van der Waals surface area contributed by atoms with Crippen molar-refractivity contribution in [2.75, 3.05) is 18.5 Å². The van der Waals surface area contributed by atoms with Crippen molar-refractivity contribution in [3.8, 4) is 5.75 Å². The maximum atomic E-state index is 5.75. The third-order valence-corrected chi connectivity index (χ3v) is 3.76. The molecule has 0 amide bonds. The van der Waals surface area contributed by atoms with E-state index in [1.165, 1.54) is 11.3 Å². The van der Waals surface area contributed by atoms with Gasteiger partial charge in [0.15, 0.2) is 0 Å². The molecule has 0 radical (unpaired) electrons. The number of benzene rings is 1. The molecule has 1 aromatic rings. The third-order valence-electron chi connectivity index (χ3n) is 3.76. The van der Waals surface area contributed by atoms with Crippen LogP contribution in [0.2, 0.25) is 0 Å². The molecule has 0 bridgehead atoms. The molecule has 2 heterocycles. The van der Waals surface area contributed by atoms with Crippen molar-refractivity contribution in [3.63, 3.8) is 0 Å². The first kappa shape index (κ1) is 11.8. The van der Waals surface area contributed by atoms with E-state index >= 15 is 0 Å². The van der Waals surface area contributed by atoms with Gasteiger partial charge in [-0.3, -0.25) is 0 Å².